The fraction of sp³-hybridized carbons (Fsp3) is 0.583. The average molecular weight is 205 g/mol. The first-order valence-electron chi connectivity index (χ1n) is 5.30. The molecule has 1 N–H and O–H groups in total. The lowest BCUT2D eigenvalue weighted by atomic mass is 10.2. The van der Waals surface area contributed by atoms with Gasteiger partial charge >= 0.3 is 0 Å². The summed E-state index contributed by atoms with van der Waals surface area (Å²) in [7, 11) is 1.98. The second-order valence-electron chi connectivity index (χ2n) is 3.76. The van der Waals surface area contributed by atoms with Crippen LogP contribution < -0.4 is 5.32 Å². The minimum Gasteiger partial charge on any atom is -0.313 e. The van der Waals surface area contributed by atoms with Crippen molar-refractivity contribution in [3.63, 3.8) is 0 Å². The molecule has 0 radical (unpaired) electrons. The van der Waals surface area contributed by atoms with Crippen LogP contribution in [0.4, 0.5) is 0 Å². The number of rotatable bonds is 5. The second kappa shape index (κ2) is 5.57. The smallest absolute Gasteiger partial charge is 0.0641 e. The third-order valence-electron chi connectivity index (χ3n) is 2.64. The summed E-state index contributed by atoms with van der Waals surface area (Å²) in [6, 6.07) is 0. The normalized spacial score (nSPS) is 10.3. The number of aryl methyl sites for hydroxylation is 2. The van der Waals surface area contributed by atoms with Crippen molar-refractivity contribution in [2.45, 2.75) is 33.2 Å². The van der Waals surface area contributed by atoms with E-state index in [1.165, 1.54) is 11.3 Å². The van der Waals surface area contributed by atoms with Crippen molar-refractivity contribution in [2.24, 2.45) is 7.05 Å². The third kappa shape index (κ3) is 3.10. The van der Waals surface area contributed by atoms with E-state index in [1.807, 2.05) is 18.7 Å². The number of unbranched alkanes of at least 4 members (excludes halogenated alkanes) is 1. The van der Waals surface area contributed by atoms with Gasteiger partial charge in [-0.05, 0) is 26.8 Å². The van der Waals surface area contributed by atoms with Crippen LogP contribution in [-0.2, 0) is 13.6 Å². The van der Waals surface area contributed by atoms with Crippen molar-refractivity contribution >= 4 is 0 Å². The minimum atomic E-state index is 0.845. The molecule has 3 heteroatoms. The van der Waals surface area contributed by atoms with Crippen molar-refractivity contribution < 1.29 is 0 Å². The SMILES string of the molecule is C#CCCCNCc1c(C)nn(C)c1C. The van der Waals surface area contributed by atoms with Gasteiger partial charge in [0.2, 0.25) is 0 Å². The molecule has 0 fully saturated rings. The number of terminal acetylenes is 1. The number of nitrogens with one attached hydrogen (secondary N) is 1. The molecule has 0 atom stereocenters. The summed E-state index contributed by atoms with van der Waals surface area (Å²) in [5.41, 5.74) is 3.65. The Hall–Kier alpha value is -1.27. The Kier molecular flexibility index (Phi) is 4.38. The van der Waals surface area contributed by atoms with Crippen LogP contribution in [0.3, 0.4) is 0 Å². The first-order chi connectivity index (χ1) is 7.16. The molecule has 1 aromatic heterocycles. The molecule has 0 aliphatic carbocycles. The van der Waals surface area contributed by atoms with Gasteiger partial charge in [-0.2, -0.15) is 5.10 Å². The topological polar surface area (TPSA) is 29.9 Å². The third-order valence-corrected chi connectivity index (χ3v) is 2.64. The van der Waals surface area contributed by atoms with Gasteiger partial charge in [0.15, 0.2) is 0 Å². The summed E-state index contributed by atoms with van der Waals surface area (Å²) in [5, 5.41) is 7.75. The molecule has 0 aliphatic heterocycles. The Balaban J connectivity index is 2.41. The molecule has 3 nitrogen and oxygen atoms in total. The summed E-state index contributed by atoms with van der Waals surface area (Å²) in [5.74, 6) is 2.64. The van der Waals surface area contributed by atoms with Gasteiger partial charge in [-0.1, -0.05) is 0 Å². The number of nitrogens with zero attached hydrogens (tertiary/aromatic N) is 2. The van der Waals surface area contributed by atoms with Crippen molar-refractivity contribution in [1.29, 1.82) is 0 Å². The van der Waals surface area contributed by atoms with E-state index >= 15 is 0 Å². The molecule has 0 unspecified atom stereocenters. The van der Waals surface area contributed by atoms with Gasteiger partial charge in [-0.25, -0.2) is 0 Å². The lowest BCUT2D eigenvalue weighted by Gasteiger charge is -2.04. The first-order valence-corrected chi connectivity index (χ1v) is 5.30. The van der Waals surface area contributed by atoms with E-state index in [0.29, 0.717) is 0 Å². The fourth-order valence-corrected chi connectivity index (χ4v) is 1.60. The molecule has 0 bridgehead atoms. The van der Waals surface area contributed by atoms with Crippen molar-refractivity contribution in [3.05, 3.63) is 17.0 Å². The van der Waals surface area contributed by atoms with Gasteiger partial charge in [0.25, 0.3) is 0 Å². The second-order valence-corrected chi connectivity index (χ2v) is 3.76. The predicted octanol–water partition coefficient (Wildman–Crippen LogP) is 1.54. The number of hydrogen-bond donors (Lipinski definition) is 1. The lowest BCUT2D eigenvalue weighted by molar-refractivity contribution is 0.653. The summed E-state index contributed by atoms with van der Waals surface area (Å²) in [6.45, 7) is 6.00. The van der Waals surface area contributed by atoms with E-state index < -0.39 is 0 Å². The van der Waals surface area contributed by atoms with E-state index in [0.717, 1.165) is 31.6 Å². The molecule has 82 valence electrons. The highest BCUT2D eigenvalue weighted by molar-refractivity contribution is 5.23. The summed E-state index contributed by atoms with van der Waals surface area (Å²) in [6.07, 6.45) is 7.06. The highest BCUT2D eigenvalue weighted by Gasteiger charge is 2.07. The molecule has 0 saturated carbocycles. The summed E-state index contributed by atoms with van der Waals surface area (Å²) >= 11 is 0. The van der Waals surface area contributed by atoms with Gasteiger partial charge in [0.05, 0.1) is 5.69 Å². The van der Waals surface area contributed by atoms with Crippen molar-refractivity contribution in [3.8, 4) is 12.3 Å². The van der Waals surface area contributed by atoms with E-state index in [2.05, 4.69) is 23.3 Å². The Morgan fingerprint density at radius 1 is 1.47 bits per heavy atom. The molecule has 0 amide bonds. The highest BCUT2D eigenvalue weighted by atomic mass is 15.3. The van der Waals surface area contributed by atoms with Crippen LogP contribution in [0.1, 0.15) is 29.8 Å². The summed E-state index contributed by atoms with van der Waals surface area (Å²) in [4.78, 5) is 0. The first kappa shape index (κ1) is 11.8. The van der Waals surface area contributed by atoms with E-state index in [4.69, 9.17) is 6.42 Å². The highest BCUT2D eigenvalue weighted by Crippen LogP contribution is 2.10. The van der Waals surface area contributed by atoms with Crippen LogP contribution in [0.15, 0.2) is 0 Å². The van der Waals surface area contributed by atoms with Gasteiger partial charge in [-0.15, -0.1) is 12.3 Å². The fourth-order valence-electron chi connectivity index (χ4n) is 1.60. The Bertz CT molecular complexity index is 358. The molecule has 0 aliphatic rings. The molecule has 1 rings (SSSR count). The van der Waals surface area contributed by atoms with Crippen LogP contribution >= 0.6 is 0 Å². The molecule has 0 saturated heterocycles. The minimum absolute atomic E-state index is 0.845. The Labute approximate surface area is 91.9 Å². The van der Waals surface area contributed by atoms with E-state index in [-0.39, 0.29) is 0 Å². The monoisotopic (exact) mass is 205 g/mol. The van der Waals surface area contributed by atoms with Gasteiger partial charge < -0.3 is 5.32 Å². The number of aromatic nitrogens is 2. The molecule has 1 heterocycles. The standard InChI is InChI=1S/C12H19N3/c1-5-6-7-8-13-9-12-10(2)14-15(4)11(12)3/h1,13H,6-9H2,2-4H3. The Morgan fingerprint density at radius 3 is 2.73 bits per heavy atom. The zero-order valence-electron chi connectivity index (χ0n) is 9.80. The van der Waals surface area contributed by atoms with Crippen LogP contribution in [0.5, 0.6) is 0 Å². The molecular formula is C12H19N3. The average Bonchev–Trinajstić information content (AvgIpc) is 2.44. The summed E-state index contributed by atoms with van der Waals surface area (Å²) < 4.78 is 1.92. The predicted molar refractivity (Wildman–Crippen MR) is 62.5 cm³/mol. The van der Waals surface area contributed by atoms with Crippen LogP contribution in [0, 0.1) is 26.2 Å². The zero-order valence-corrected chi connectivity index (χ0v) is 9.80. The molecule has 1 aromatic rings. The molecule has 0 spiro atoms. The van der Waals surface area contributed by atoms with Crippen LogP contribution in [0.25, 0.3) is 0 Å². The largest absolute Gasteiger partial charge is 0.313 e. The van der Waals surface area contributed by atoms with Gasteiger partial charge in [0.1, 0.15) is 0 Å². The maximum absolute atomic E-state index is 5.18. The lowest BCUT2D eigenvalue weighted by Crippen LogP contribution is -2.15. The Morgan fingerprint density at radius 2 is 2.20 bits per heavy atom. The van der Waals surface area contributed by atoms with Crippen molar-refractivity contribution in [2.75, 3.05) is 6.54 Å². The quantitative estimate of drug-likeness (QED) is 0.583. The maximum atomic E-state index is 5.18. The van der Waals surface area contributed by atoms with E-state index in [1.54, 1.807) is 0 Å². The maximum Gasteiger partial charge on any atom is 0.0641 e. The van der Waals surface area contributed by atoms with Gasteiger partial charge in [-0.3, -0.25) is 4.68 Å². The number of hydrogen-bond acceptors (Lipinski definition) is 2. The van der Waals surface area contributed by atoms with Gasteiger partial charge in [0, 0.05) is 31.3 Å². The zero-order chi connectivity index (χ0) is 11.3. The molecule has 0 aromatic carbocycles. The van der Waals surface area contributed by atoms with Crippen molar-refractivity contribution in [1.82, 2.24) is 15.1 Å². The molecular weight excluding hydrogens is 186 g/mol. The van der Waals surface area contributed by atoms with Crippen LogP contribution in [-0.4, -0.2) is 16.3 Å². The molecule has 15 heavy (non-hydrogen) atoms. The van der Waals surface area contributed by atoms with Crippen LogP contribution in [0.2, 0.25) is 0 Å². The van der Waals surface area contributed by atoms with E-state index in [9.17, 15) is 0 Å².